The van der Waals surface area contributed by atoms with Gasteiger partial charge in [-0.25, -0.2) is 4.98 Å². The molecule has 10 heteroatoms. The van der Waals surface area contributed by atoms with E-state index in [0.717, 1.165) is 17.0 Å². The molecule has 0 aliphatic rings. The Kier molecular flexibility index (Phi) is 4.55. The summed E-state index contributed by atoms with van der Waals surface area (Å²) >= 11 is 1.21. The molecule has 0 aliphatic heterocycles. The fraction of sp³-hybridized carbons (Fsp3) is 0.111. The van der Waals surface area contributed by atoms with Crippen LogP contribution in [0.5, 0.6) is 0 Å². The molecule has 1 N–H and O–H groups in total. The van der Waals surface area contributed by atoms with Crippen molar-refractivity contribution < 1.29 is 18.0 Å². The van der Waals surface area contributed by atoms with E-state index >= 15 is 0 Å². The predicted molar refractivity (Wildman–Crippen MR) is 97.3 cm³/mol. The van der Waals surface area contributed by atoms with Crippen LogP contribution in [0.15, 0.2) is 55.1 Å². The quantitative estimate of drug-likeness (QED) is 0.558. The van der Waals surface area contributed by atoms with Gasteiger partial charge in [0.2, 0.25) is 0 Å². The van der Waals surface area contributed by atoms with E-state index in [1.165, 1.54) is 23.7 Å². The standard InChI is InChI=1S/C18H12F3N5OS/c19-18(20,21)13-3-1-2-11(6-13)7-14-8-22-17(28-14)24-16(27)12-4-5-15-25-23-10-26(15)9-12/h1-6,8-10H,7H2,(H,22,24,27). The number of thiazole rings is 1. The predicted octanol–water partition coefficient (Wildman–Crippen LogP) is 4.05. The van der Waals surface area contributed by atoms with Gasteiger partial charge in [0.1, 0.15) is 6.33 Å². The number of pyridine rings is 1. The van der Waals surface area contributed by atoms with Crippen molar-refractivity contribution in [1.82, 2.24) is 19.6 Å². The molecule has 1 aromatic carbocycles. The van der Waals surface area contributed by atoms with Crippen LogP contribution in [0.3, 0.4) is 0 Å². The van der Waals surface area contributed by atoms with Gasteiger partial charge in [0.25, 0.3) is 5.91 Å². The normalized spacial score (nSPS) is 11.7. The van der Waals surface area contributed by atoms with Crippen LogP contribution in [0.1, 0.15) is 26.4 Å². The third-order valence-electron chi connectivity index (χ3n) is 3.96. The summed E-state index contributed by atoms with van der Waals surface area (Å²) in [5.41, 5.74) is 0.859. The fourth-order valence-electron chi connectivity index (χ4n) is 2.64. The van der Waals surface area contributed by atoms with Crippen LogP contribution in [0.4, 0.5) is 18.3 Å². The monoisotopic (exact) mass is 403 g/mol. The molecule has 142 valence electrons. The van der Waals surface area contributed by atoms with Crippen LogP contribution in [0.25, 0.3) is 5.65 Å². The number of fused-ring (bicyclic) bond motifs is 1. The minimum absolute atomic E-state index is 0.296. The van der Waals surface area contributed by atoms with E-state index < -0.39 is 11.7 Å². The smallest absolute Gasteiger partial charge is 0.298 e. The van der Waals surface area contributed by atoms with Gasteiger partial charge >= 0.3 is 6.18 Å². The summed E-state index contributed by atoms with van der Waals surface area (Å²) in [7, 11) is 0. The molecule has 28 heavy (non-hydrogen) atoms. The Balaban J connectivity index is 1.46. The maximum absolute atomic E-state index is 12.8. The molecular formula is C18H12F3N5OS. The van der Waals surface area contributed by atoms with Crippen molar-refractivity contribution in [3.63, 3.8) is 0 Å². The number of amides is 1. The Labute approximate surface area is 160 Å². The number of hydrogen-bond donors (Lipinski definition) is 1. The number of carbonyl (C=O) groups excluding carboxylic acids is 1. The highest BCUT2D eigenvalue weighted by molar-refractivity contribution is 7.15. The Morgan fingerprint density at radius 3 is 2.89 bits per heavy atom. The van der Waals surface area contributed by atoms with E-state index in [0.29, 0.717) is 28.3 Å². The number of carbonyl (C=O) groups is 1. The number of benzene rings is 1. The molecule has 0 unspecified atom stereocenters. The molecule has 0 spiro atoms. The van der Waals surface area contributed by atoms with Crippen molar-refractivity contribution in [1.29, 1.82) is 0 Å². The lowest BCUT2D eigenvalue weighted by molar-refractivity contribution is -0.137. The number of rotatable bonds is 4. The highest BCUT2D eigenvalue weighted by atomic mass is 32.1. The van der Waals surface area contributed by atoms with Gasteiger partial charge in [-0.1, -0.05) is 18.2 Å². The second-order valence-corrected chi connectivity index (χ2v) is 7.09. The molecule has 0 atom stereocenters. The van der Waals surface area contributed by atoms with Crippen LogP contribution < -0.4 is 5.32 Å². The lowest BCUT2D eigenvalue weighted by atomic mass is 10.1. The topological polar surface area (TPSA) is 72.2 Å². The third-order valence-corrected chi connectivity index (χ3v) is 4.87. The zero-order valence-electron chi connectivity index (χ0n) is 14.1. The molecular weight excluding hydrogens is 391 g/mol. The zero-order valence-corrected chi connectivity index (χ0v) is 15.0. The summed E-state index contributed by atoms with van der Waals surface area (Å²) in [6, 6.07) is 8.45. The average Bonchev–Trinajstić information content (AvgIpc) is 3.29. The Hall–Kier alpha value is -3.27. The van der Waals surface area contributed by atoms with Gasteiger partial charge in [0.15, 0.2) is 10.8 Å². The van der Waals surface area contributed by atoms with Gasteiger partial charge in [-0.2, -0.15) is 13.2 Å². The van der Waals surface area contributed by atoms with Crippen LogP contribution in [-0.4, -0.2) is 25.5 Å². The van der Waals surface area contributed by atoms with Gasteiger partial charge in [-0.05, 0) is 23.8 Å². The van der Waals surface area contributed by atoms with Crippen molar-refractivity contribution in [2.75, 3.05) is 5.32 Å². The fourth-order valence-corrected chi connectivity index (χ4v) is 3.48. The van der Waals surface area contributed by atoms with Crippen molar-refractivity contribution >= 4 is 28.0 Å². The molecule has 0 aliphatic carbocycles. The molecule has 1 amide bonds. The van der Waals surface area contributed by atoms with Gasteiger partial charge in [-0.15, -0.1) is 21.5 Å². The van der Waals surface area contributed by atoms with E-state index in [4.69, 9.17) is 0 Å². The average molecular weight is 403 g/mol. The largest absolute Gasteiger partial charge is 0.416 e. The molecule has 0 bridgehead atoms. The van der Waals surface area contributed by atoms with Gasteiger partial charge in [-0.3, -0.25) is 14.5 Å². The Morgan fingerprint density at radius 2 is 2.07 bits per heavy atom. The zero-order chi connectivity index (χ0) is 19.7. The lowest BCUT2D eigenvalue weighted by Gasteiger charge is -2.07. The summed E-state index contributed by atoms with van der Waals surface area (Å²) in [5.74, 6) is -0.351. The van der Waals surface area contributed by atoms with Gasteiger partial charge < -0.3 is 0 Å². The van der Waals surface area contributed by atoms with E-state index in [2.05, 4.69) is 20.5 Å². The number of nitrogens with one attached hydrogen (secondary N) is 1. The molecule has 0 saturated heterocycles. The van der Waals surface area contributed by atoms with Crippen LogP contribution in [-0.2, 0) is 12.6 Å². The summed E-state index contributed by atoms with van der Waals surface area (Å²) in [5, 5.41) is 10.7. The first-order valence-electron chi connectivity index (χ1n) is 8.10. The maximum Gasteiger partial charge on any atom is 0.416 e. The highest BCUT2D eigenvalue weighted by Crippen LogP contribution is 2.30. The first kappa shape index (κ1) is 18.1. The maximum atomic E-state index is 12.8. The lowest BCUT2D eigenvalue weighted by Crippen LogP contribution is -2.12. The molecule has 4 aromatic rings. The summed E-state index contributed by atoms with van der Waals surface area (Å²) in [6.45, 7) is 0. The minimum Gasteiger partial charge on any atom is -0.298 e. The van der Waals surface area contributed by atoms with Crippen molar-refractivity contribution in [2.24, 2.45) is 0 Å². The molecule has 3 aromatic heterocycles. The second-order valence-electron chi connectivity index (χ2n) is 5.97. The molecule has 0 fully saturated rings. The number of aromatic nitrogens is 4. The number of halogens is 3. The van der Waals surface area contributed by atoms with E-state index in [9.17, 15) is 18.0 Å². The van der Waals surface area contributed by atoms with Crippen LogP contribution in [0.2, 0.25) is 0 Å². The van der Waals surface area contributed by atoms with E-state index in [1.54, 1.807) is 35.0 Å². The van der Waals surface area contributed by atoms with E-state index in [-0.39, 0.29) is 5.91 Å². The molecule has 0 saturated carbocycles. The molecule has 0 radical (unpaired) electrons. The molecule has 3 heterocycles. The number of hydrogen-bond acceptors (Lipinski definition) is 5. The summed E-state index contributed by atoms with van der Waals surface area (Å²) in [4.78, 5) is 17.3. The van der Waals surface area contributed by atoms with Crippen LogP contribution in [0, 0.1) is 0 Å². The van der Waals surface area contributed by atoms with Gasteiger partial charge in [0, 0.05) is 23.7 Å². The summed E-state index contributed by atoms with van der Waals surface area (Å²) < 4.78 is 40.1. The minimum atomic E-state index is -4.38. The number of nitrogens with zero attached hydrogens (tertiary/aromatic N) is 4. The third kappa shape index (κ3) is 3.86. The molecule has 6 nitrogen and oxygen atoms in total. The first-order chi connectivity index (χ1) is 13.4. The van der Waals surface area contributed by atoms with E-state index in [1.807, 2.05) is 0 Å². The van der Waals surface area contributed by atoms with Crippen LogP contribution >= 0.6 is 11.3 Å². The number of alkyl halides is 3. The highest BCUT2D eigenvalue weighted by Gasteiger charge is 2.30. The van der Waals surface area contributed by atoms with Crippen molar-refractivity contribution in [3.05, 3.63) is 76.7 Å². The number of anilines is 1. The second kappa shape index (κ2) is 7.04. The Morgan fingerprint density at radius 1 is 1.21 bits per heavy atom. The Bertz CT molecular complexity index is 1150. The van der Waals surface area contributed by atoms with Crippen molar-refractivity contribution in [2.45, 2.75) is 12.6 Å². The van der Waals surface area contributed by atoms with Gasteiger partial charge in [0.05, 0.1) is 11.1 Å². The summed E-state index contributed by atoms with van der Waals surface area (Å²) in [6.07, 6.45) is 0.548. The first-order valence-corrected chi connectivity index (χ1v) is 8.92. The molecule has 4 rings (SSSR count). The van der Waals surface area contributed by atoms with Crippen molar-refractivity contribution in [3.8, 4) is 0 Å². The SMILES string of the molecule is O=C(Nc1ncc(Cc2cccc(C(F)(F)F)c2)s1)c1ccc2nncn2c1.